The van der Waals surface area contributed by atoms with Gasteiger partial charge in [-0.25, -0.2) is 4.98 Å². The molecule has 0 aliphatic rings. The average molecular weight is 341 g/mol. The van der Waals surface area contributed by atoms with Crippen LogP contribution in [0.5, 0.6) is 0 Å². The van der Waals surface area contributed by atoms with Crippen LogP contribution in [0.4, 0.5) is 5.82 Å². The lowest BCUT2D eigenvalue weighted by Gasteiger charge is -2.05. The van der Waals surface area contributed by atoms with Crippen LogP contribution >= 0.6 is 27.5 Å². The van der Waals surface area contributed by atoms with Gasteiger partial charge in [-0.05, 0) is 28.1 Å². The maximum absolute atomic E-state index is 6.19. The Balaban J connectivity index is 2.55. The summed E-state index contributed by atoms with van der Waals surface area (Å²) in [6.45, 7) is 6.47. The Kier molecular flexibility index (Phi) is 4.32. The van der Waals surface area contributed by atoms with E-state index in [9.17, 15) is 0 Å². The van der Waals surface area contributed by atoms with Crippen molar-refractivity contribution in [3.05, 3.63) is 46.2 Å². The summed E-state index contributed by atoms with van der Waals surface area (Å²) in [6, 6.07) is 5.68. The minimum Gasteiger partial charge on any atom is -0.383 e. The van der Waals surface area contributed by atoms with Crippen LogP contribution in [-0.2, 0) is 13.0 Å². The van der Waals surface area contributed by atoms with Crippen molar-refractivity contribution >= 4 is 33.3 Å². The summed E-state index contributed by atoms with van der Waals surface area (Å²) in [5.41, 5.74) is 7.93. The van der Waals surface area contributed by atoms with Crippen molar-refractivity contribution in [3.63, 3.8) is 0 Å². The second kappa shape index (κ2) is 5.80. The number of aryl methyl sites for hydroxylation is 1. The van der Waals surface area contributed by atoms with Crippen LogP contribution in [0.1, 0.15) is 12.7 Å². The molecule has 1 aromatic heterocycles. The van der Waals surface area contributed by atoms with Gasteiger partial charge in [0.2, 0.25) is 0 Å². The predicted octanol–water partition coefficient (Wildman–Crippen LogP) is 4.30. The SMILES string of the molecule is C=CCn1c(CC)nc(-c2ccc(Cl)c(Br)c2)c1N. The van der Waals surface area contributed by atoms with Crippen molar-refractivity contribution in [2.75, 3.05) is 5.73 Å². The zero-order chi connectivity index (χ0) is 14.0. The minimum absolute atomic E-state index is 0.658. The first-order valence-electron chi connectivity index (χ1n) is 5.99. The van der Waals surface area contributed by atoms with Gasteiger partial charge in [-0.15, -0.1) is 6.58 Å². The van der Waals surface area contributed by atoms with E-state index in [4.69, 9.17) is 17.3 Å². The highest BCUT2D eigenvalue weighted by molar-refractivity contribution is 9.10. The minimum atomic E-state index is 0.658. The Hall–Kier alpha value is -1.26. The second-order valence-electron chi connectivity index (χ2n) is 4.14. The van der Waals surface area contributed by atoms with Gasteiger partial charge in [0.1, 0.15) is 17.3 Å². The van der Waals surface area contributed by atoms with Crippen molar-refractivity contribution in [1.29, 1.82) is 0 Å². The molecule has 1 heterocycles. The van der Waals surface area contributed by atoms with Crippen LogP contribution in [-0.4, -0.2) is 9.55 Å². The van der Waals surface area contributed by atoms with Crippen LogP contribution in [0, 0.1) is 0 Å². The molecule has 5 heteroatoms. The summed E-state index contributed by atoms with van der Waals surface area (Å²) < 4.78 is 2.81. The molecule has 2 rings (SSSR count). The first kappa shape index (κ1) is 14.2. The smallest absolute Gasteiger partial charge is 0.132 e. The number of imidazole rings is 1. The first-order chi connectivity index (χ1) is 9.08. The lowest BCUT2D eigenvalue weighted by atomic mass is 10.1. The molecule has 2 N–H and O–H groups in total. The van der Waals surface area contributed by atoms with E-state index in [-0.39, 0.29) is 0 Å². The van der Waals surface area contributed by atoms with Gasteiger partial charge in [0, 0.05) is 23.0 Å². The number of hydrogen-bond donors (Lipinski definition) is 1. The zero-order valence-electron chi connectivity index (χ0n) is 10.7. The quantitative estimate of drug-likeness (QED) is 0.843. The standard InChI is InChI=1S/C14H15BrClN3/c1-3-7-19-12(4-2)18-13(14(19)17)9-5-6-11(16)10(15)8-9/h3,5-6,8H,1,4,7,17H2,2H3. The third kappa shape index (κ3) is 2.69. The van der Waals surface area contributed by atoms with Crippen molar-refractivity contribution in [1.82, 2.24) is 9.55 Å². The Morgan fingerprint density at radius 3 is 2.84 bits per heavy atom. The summed E-state index contributed by atoms with van der Waals surface area (Å²) in [5, 5.41) is 0.670. The summed E-state index contributed by atoms with van der Waals surface area (Å²) in [6.07, 6.45) is 2.64. The molecule has 100 valence electrons. The van der Waals surface area contributed by atoms with E-state index >= 15 is 0 Å². The van der Waals surface area contributed by atoms with Crippen molar-refractivity contribution < 1.29 is 0 Å². The van der Waals surface area contributed by atoms with Gasteiger partial charge in [0.15, 0.2) is 0 Å². The van der Waals surface area contributed by atoms with Crippen LogP contribution < -0.4 is 5.73 Å². The van der Waals surface area contributed by atoms with E-state index < -0.39 is 0 Å². The molecule has 2 aromatic rings. The van der Waals surface area contributed by atoms with Crippen molar-refractivity contribution in [2.45, 2.75) is 19.9 Å². The maximum Gasteiger partial charge on any atom is 0.132 e. The maximum atomic E-state index is 6.19. The van der Waals surface area contributed by atoms with E-state index in [2.05, 4.69) is 34.4 Å². The monoisotopic (exact) mass is 339 g/mol. The Labute approximate surface area is 126 Å². The van der Waals surface area contributed by atoms with Gasteiger partial charge in [-0.2, -0.15) is 0 Å². The van der Waals surface area contributed by atoms with Crippen LogP contribution in [0.3, 0.4) is 0 Å². The van der Waals surface area contributed by atoms with Crippen molar-refractivity contribution in [2.24, 2.45) is 0 Å². The zero-order valence-corrected chi connectivity index (χ0v) is 13.0. The number of rotatable bonds is 4. The highest BCUT2D eigenvalue weighted by Gasteiger charge is 2.15. The van der Waals surface area contributed by atoms with Crippen LogP contribution in [0.2, 0.25) is 5.02 Å². The largest absolute Gasteiger partial charge is 0.383 e. The molecule has 0 amide bonds. The Morgan fingerprint density at radius 1 is 1.53 bits per heavy atom. The van der Waals surface area contributed by atoms with Gasteiger partial charge >= 0.3 is 0 Å². The van der Waals surface area contributed by atoms with Gasteiger partial charge in [-0.1, -0.05) is 30.7 Å². The van der Waals surface area contributed by atoms with E-state index in [0.29, 0.717) is 17.4 Å². The molecular formula is C14H15BrClN3. The molecule has 0 aliphatic carbocycles. The number of nitrogen functional groups attached to an aromatic ring is 1. The third-order valence-electron chi connectivity index (χ3n) is 2.91. The van der Waals surface area contributed by atoms with E-state index in [0.717, 1.165) is 28.0 Å². The second-order valence-corrected chi connectivity index (χ2v) is 5.41. The fourth-order valence-electron chi connectivity index (χ4n) is 1.97. The Bertz CT molecular complexity index is 619. The number of nitrogens with zero attached hydrogens (tertiary/aromatic N) is 2. The molecule has 0 aliphatic heterocycles. The number of aromatic nitrogens is 2. The number of benzene rings is 1. The number of anilines is 1. The van der Waals surface area contributed by atoms with Crippen LogP contribution in [0.15, 0.2) is 35.3 Å². The van der Waals surface area contributed by atoms with Gasteiger partial charge in [0.05, 0.1) is 5.02 Å². The summed E-state index contributed by atoms with van der Waals surface area (Å²) >= 11 is 9.42. The molecule has 0 unspecified atom stereocenters. The first-order valence-corrected chi connectivity index (χ1v) is 7.16. The topological polar surface area (TPSA) is 43.8 Å². The summed E-state index contributed by atoms with van der Waals surface area (Å²) in [4.78, 5) is 4.61. The molecule has 0 atom stereocenters. The Morgan fingerprint density at radius 2 is 2.26 bits per heavy atom. The number of hydrogen-bond acceptors (Lipinski definition) is 2. The molecule has 0 spiro atoms. The molecule has 0 saturated heterocycles. The molecule has 0 fully saturated rings. The highest BCUT2D eigenvalue weighted by Crippen LogP contribution is 2.32. The third-order valence-corrected chi connectivity index (χ3v) is 4.12. The number of halogens is 2. The molecule has 19 heavy (non-hydrogen) atoms. The average Bonchev–Trinajstić information content (AvgIpc) is 2.71. The lowest BCUT2D eigenvalue weighted by Crippen LogP contribution is -2.05. The van der Waals surface area contributed by atoms with Gasteiger partial charge in [0.25, 0.3) is 0 Å². The molecular weight excluding hydrogens is 326 g/mol. The normalized spacial score (nSPS) is 10.7. The molecule has 1 aromatic carbocycles. The van der Waals surface area contributed by atoms with Gasteiger partial charge < -0.3 is 10.3 Å². The highest BCUT2D eigenvalue weighted by atomic mass is 79.9. The van der Waals surface area contributed by atoms with Gasteiger partial charge in [-0.3, -0.25) is 0 Å². The summed E-state index contributed by atoms with van der Waals surface area (Å²) in [5.74, 6) is 1.62. The summed E-state index contributed by atoms with van der Waals surface area (Å²) in [7, 11) is 0. The number of allylic oxidation sites excluding steroid dienone is 1. The van der Waals surface area contributed by atoms with E-state index in [1.165, 1.54) is 0 Å². The fraction of sp³-hybridized carbons (Fsp3) is 0.214. The molecule has 3 nitrogen and oxygen atoms in total. The molecule has 0 radical (unpaired) electrons. The van der Waals surface area contributed by atoms with Crippen LogP contribution in [0.25, 0.3) is 11.3 Å². The number of nitrogens with two attached hydrogens (primary N) is 1. The van der Waals surface area contributed by atoms with E-state index in [1.807, 2.05) is 28.8 Å². The predicted molar refractivity (Wildman–Crippen MR) is 84.4 cm³/mol. The molecule has 0 saturated carbocycles. The lowest BCUT2D eigenvalue weighted by molar-refractivity contribution is 0.757. The van der Waals surface area contributed by atoms with Crippen molar-refractivity contribution in [3.8, 4) is 11.3 Å². The fourth-order valence-corrected chi connectivity index (χ4v) is 2.47. The molecule has 0 bridgehead atoms. The van der Waals surface area contributed by atoms with E-state index in [1.54, 1.807) is 0 Å².